The predicted molar refractivity (Wildman–Crippen MR) is 117 cm³/mol. The van der Waals surface area contributed by atoms with Gasteiger partial charge in [-0.1, -0.05) is 59.7 Å². The second-order valence-corrected chi connectivity index (χ2v) is 8.61. The fourth-order valence-corrected chi connectivity index (χ4v) is 4.67. The zero-order valence-corrected chi connectivity index (χ0v) is 17.8. The SMILES string of the molecule is CCc1nnc(N2C(=O)c3oc4ccc(Cl)cc4c(=O)c3[C@H]2c2ccc(C)cc2)s1. The summed E-state index contributed by atoms with van der Waals surface area (Å²) in [4.78, 5) is 28.4. The van der Waals surface area contributed by atoms with Crippen LogP contribution < -0.4 is 10.3 Å². The van der Waals surface area contributed by atoms with E-state index in [1.807, 2.05) is 38.1 Å². The van der Waals surface area contributed by atoms with Gasteiger partial charge in [-0.15, -0.1) is 10.2 Å². The van der Waals surface area contributed by atoms with E-state index in [4.69, 9.17) is 16.0 Å². The van der Waals surface area contributed by atoms with Gasteiger partial charge in [-0.3, -0.25) is 14.5 Å². The number of rotatable bonds is 3. The van der Waals surface area contributed by atoms with E-state index in [0.717, 1.165) is 16.1 Å². The number of carbonyl (C=O) groups is 1. The van der Waals surface area contributed by atoms with E-state index in [1.165, 1.54) is 16.2 Å². The number of aryl methyl sites for hydroxylation is 2. The highest BCUT2D eigenvalue weighted by atomic mass is 35.5. The smallest absolute Gasteiger partial charge is 0.297 e. The zero-order chi connectivity index (χ0) is 21.0. The van der Waals surface area contributed by atoms with E-state index >= 15 is 0 Å². The first-order chi connectivity index (χ1) is 14.5. The van der Waals surface area contributed by atoms with Gasteiger partial charge in [-0.2, -0.15) is 0 Å². The van der Waals surface area contributed by atoms with Crippen molar-refractivity contribution in [1.82, 2.24) is 10.2 Å². The molecule has 0 saturated heterocycles. The summed E-state index contributed by atoms with van der Waals surface area (Å²) in [5, 5.41) is 10.4. The van der Waals surface area contributed by atoms with E-state index in [0.29, 0.717) is 33.1 Å². The van der Waals surface area contributed by atoms with Crippen molar-refractivity contribution >= 4 is 44.9 Å². The molecular formula is C22H16ClN3O3S. The van der Waals surface area contributed by atoms with Crippen molar-refractivity contribution in [1.29, 1.82) is 0 Å². The lowest BCUT2D eigenvalue weighted by Gasteiger charge is -2.22. The Bertz CT molecular complexity index is 1360. The van der Waals surface area contributed by atoms with Crippen LogP contribution in [0.2, 0.25) is 5.02 Å². The predicted octanol–water partition coefficient (Wildman–Crippen LogP) is 4.92. The summed E-state index contributed by atoms with van der Waals surface area (Å²) in [6, 6.07) is 11.9. The molecule has 1 aliphatic heterocycles. The standard InChI is InChI=1S/C22H16ClN3O3S/c1-3-16-24-25-22(30-16)26-18(12-6-4-11(2)5-7-12)17-19(27)14-10-13(23)8-9-15(14)29-20(17)21(26)28/h4-10,18H,3H2,1-2H3/t18-/m1/s1. The van der Waals surface area contributed by atoms with Crippen molar-refractivity contribution in [3.63, 3.8) is 0 Å². The lowest BCUT2D eigenvalue weighted by Crippen LogP contribution is -2.29. The molecule has 30 heavy (non-hydrogen) atoms. The van der Waals surface area contributed by atoms with Gasteiger partial charge in [0, 0.05) is 5.02 Å². The monoisotopic (exact) mass is 437 g/mol. The maximum atomic E-state index is 13.5. The van der Waals surface area contributed by atoms with Crippen LogP contribution in [0, 0.1) is 6.92 Å². The van der Waals surface area contributed by atoms with Crippen LogP contribution in [-0.4, -0.2) is 16.1 Å². The summed E-state index contributed by atoms with van der Waals surface area (Å²) in [6.45, 7) is 3.96. The van der Waals surface area contributed by atoms with E-state index < -0.39 is 11.9 Å². The molecule has 0 aliphatic carbocycles. The number of amides is 1. The summed E-state index contributed by atoms with van der Waals surface area (Å²) in [7, 11) is 0. The van der Waals surface area contributed by atoms with Gasteiger partial charge in [0.1, 0.15) is 10.6 Å². The van der Waals surface area contributed by atoms with Crippen LogP contribution in [0.3, 0.4) is 0 Å². The Morgan fingerprint density at radius 3 is 2.60 bits per heavy atom. The van der Waals surface area contributed by atoms with Crippen molar-refractivity contribution in [2.75, 3.05) is 4.90 Å². The number of carbonyl (C=O) groups excluding carboxylic acids is 1. The molecule has 0 fully saturated rings. The normalized spacial score (nSPS) is 15.8. The molecule has 0 spiro atoms. The number of hydrogen-bond acceptors (Lipinski definition) is 6. The summed E-state index contributed by atoms with van der Waals surface area (Å²) >= 11 is 7.45. The summed E-state index contributed by atoms with van der Waals surface area (Å²) in [5.74, 6) is -0.364. The van der Waals surface area contributed by atoms with E-state index in [2.05, 4.69) is 10.2 Å². The molecule has 0 N–H and O–H groups in total. The minimum Gasteiger partial charge on any atom is -0.450 e. The summed E-state index contributed by atoms with van der Waals surface area (Å²) in [5.41, 5.74) is 2.24. The molecule has 0 bridgehead atoms. The highest BCUT2D eigenvalue weighted by molar-refractivity contribution is 7.15. The Morgan fingerprint density at radius 2 is 1.90 bits per heavy atom. The number of nitrogens with zero attached hydrogens (tertiary/aromatic N) is 3. The average Bonchev–Trinajstić information content (AvgIpc) is 3.32. The molecule has 3 heterocycles. The fraction of sp³-hybridized carbons (Fsp3) is 0.182. The van der Waals surface area contributed by atoms with E-state index in [9.17, 15) is 9.59 Å². The highest BCUT2D eigenvalue weighted by Gasteiger charge is 2.45. The first-order valence-electron chi connectivity index (χ1n) is 9.46. The van der Waals surface area contributed by atoms with E-state index in [-0.39, 0.29) is 11.2 Å². The van der Waals surface area contributed by atoms with Crippen molar-refractivity contribution < 1.29 is 9.21 Å². The molecule has 2 aromatic carbocycles. The third-order valence-electron chi connectivity index (χ3n) is 5.19. The Kier molecular flexibility index (Phi) is 4.45. The molecule has 1 atom stereocenters. The molecule has 8 heteroatoms. The molecule has 0 saturated carbocycles. The summed E-state index contributed by atoms with van der Waals surface area (Å²) in [6.07, 6.45) is 0.710. The van der Waals surface area contributed by atoms with Crippen LogP contribution in [-0.2, 0) is 6.42 Å². The first-order valence-corrected chi connectivity index (χ1v) is 10.7. The second kappa shape index (κ2) is 7.04. The highest BCUT2D eigenvalue weighted by Crippen LogP contribution is 2.42. The number of anilines is 1. The first kappa shape index (κ1) is 19.0. The van der Waals surface area contributed by atoms with Gasteiger partial charge in [0.05, 0.1) is 17.0 Å². The van der Waals surface area contributed by atoms with E-state index in [1.54, 1.807) is 18.2 Å². The Labute approximate surface area is 180 Å². The largest absolute Gasteiger partial charge is 0.450 e. The molecule has 6 nitrogen and oxygen atoms in total. The van der Waals surface area contributed by atoms with Gasteiger partial charge >= 0.3 is 0 Å². The number of aromatic nitrogens is 2. The summed E-state index contributed by atoms with van der Waals surface area (Å²) < 4.78 is 5.92. The molecule has 2 aromatic heterocycles. The molecular weight excluding hydrogens is 422 g/mol. The van der Waals surface area contributed by atoms with Gasteiger partial charge < -0.3 is 4.42 Å². The molecule has 0 radical (unpaired) electrons. The molecule has 0 unspecified atom stereocenters. The Balaban J connectivity index is 1.80. The topological polar surface area (TPSA) is 76.3 Å². The maximum absolute atomic E-state index is 13.5. The van der Waals surface area contributed by atoms with Crippen LogP contribution in [0.25, 0.3) is 11.0 Å². The third-order valence-corrected chi connectivity index (χ3v) is 6.49. The molecule has 5 rings (SSSR count). The van der Waals surface area contributed by atoms with Crippen molar-refractivity contribution in [3.8, 4) is 0 Å². The van der Waals surface area contributed by atoms with Crippen molar-refractivity contribution in [2.24, 2.45) is 0 Å². The maximum Gasteiger partial charge on any atom is 0.297 e. The van der Waals surface area contributed by atoms with Crippen LogP contribution in [0.1, 0.15) is 45.2 Å². The number of fused-ring (bicyclic) bond motifs is 2. The fourth-order valence-electron chi connectivity index (χ4n) is 3.69. The Morgan fingerprint density at radius 1 is 1.13 bits per heavy atom. The quantitative estimate of drug-likeness (QED) is 0.454. The number of halogens is 1. The van der Waals surface area contributed by atoms with Crippen LogP contribution in [0.5, 0.6) is 0 Å². The Hall–Kier alpha value is -3.03. The minimum absolute atomic E-state index is 0.0358. The van der Waals surface area contributed by atoms with Crippen LogP contribution in [0.15, 0.2) is 51.7 Å². The number of hydrogen-bond donors (Lipinski definition) is 0. The molecule has 1 amide bonds. The van der Waals surface area contributed by atoms with Gasteiger partial charge in [0.2, 0.25) is 10.9 Å². The average molecular weight is 438 g/mol. The van der Waals surface area contributed by atoms with Crippen molar-refractivity contribution in [3.05, 3.63) is 85.2 Å². The minimum atomic E-state index is -0.648. The zero-order valence-electron chi connectivity index (χ0n) is 16.2. The lowest BCUT2D eigenvalue weighted by molar-refractivity contribution is 0.0970. The van der Waals surface area contributed by atoms with Gasteiger partial charge in [-0.25, -0.2) is 0 Å². The lowest BCUT2D eigenvalue weighted by atomic mass is 9.98. The molecule has 1 aliphatic rings. The van der Waals surface area contributed by atoms with Gasteiger partial charge in [0.15, 0.2) is 5.43 Å². The van der Waals surface area contributed by atoms with Gasteiger partial charge in [-0.05, 0) is 37.1 Å². The van der Waals surface area contributed by atoms with Gasteiger partial charge in [0.25, 0.3) is 5.91 Å². The van der Waals surface area contributed by atoms with Crippen LogP contribution >= 0.6 is 22.9 Å². The molecule has 150 valence electrons. The molecule has 4 aromatic rings. The van der Waals surface area contributed by atoms with Crippen LogP contribution in [0.4, 0.5) is 5.13 Å². The third kappa shape index (κ3) is 2.85. The number of benzene rings is 2. The van der Waals surface area contributed by atoms with Crippen molar-refractivity contribution in [2.45, 2.75) is 26.3 Å². The second-order valence-electron chi connectivity index (χ2n) is 7.13.